The molecule has 3 rings (SSSR count). The van der Waals surface area contributed by atoms with E-state index in [1.807, 2.05) is 67.6 Å². The topological polar surface area (TPSA) is 114 Å². The maximum Gasteiger partial charge on any atom is 0.329 e. The summed E-state index contributed by atoms with van der Waals surface area (Å²) in [5.41, 5.74) is 1.73. The van der Waals surface area contributed by atoms with E-state index in [2.05, 4.69) is 22.9 Å². The molecule has 1 heterocycles. The molecule has 2 aromatic rings. The van der Waals surface area contributed by atoms with E-state index in [-0.39, 0.29) is 31.1 Å². The van der Waals surface area contributed by atoms with E-state index < -0.39 is 42.0 Å². The third-order valence-electron chi connectivity index (χ3n) is 6.87. The number of cyclic esters (lactones) is 1. The van der Waals surface area contributed by atoms with Crippen LogP contribution in [0.1, 0.15) is 57.6 Å². The van der Waals surface area contributed by atoms with Crippen molar-refractivity contribution < 1.29 is 23.9 Å². The first kappa shape index (κ1) is 28.9. The Hall–Kier alpha value is -3.68. The molecule has 0 aromatic heterocycles. The monoisotopic (exact) mass is 521 g/mol. The summed E-state index contributed by atoms with van der Waals surface area (Å²) in [4.78, 5) is 52.8. The Balaban J connectivity index is 1.90. The molecule has 8 heteroatoms. The van der Waals surface area contributed by atoms with Crippen molar-refractivity contribution >= 4 is 23.7 Å². The smallest absolute Gasteiger partial charge is 0.329 e. The molecule has 204 valence electrons. The van der Waals surface area contributed by atoms with Gasteiger partial charge in [-0.25, -0.2) is 4.79 Å². The zero-order chi connectivity index (χ0) is 27.5. The van der Waals surface area contributed by atoms with E-state index in [1.165, 1.54) is 0 Å². The molecule has 0 saturated carbocycles. The van der Waals surface area contributed by atoms with Crippen molar-refractivity contribution in [1.82, 2.24) is 16.0 Å². The summed E-state index contributed by atoms with van der Waals surface area (Å²) in [6.45, 7) is 5.59. The number of carbonyl (C=O) groups is 4. The second-order valence-electron chi connectivity index (χ2n) is 10.1. The van der Waals surface area contributed by atoms with Gasteiger partial charge in [0.25, 0.3) is 0 Å². The van der Waals surface area contributed by atoms with Gasteiger partial charge in [0.1, 0.15) is 24.2 Å². The van der Waals surface area contributed by atoms with Crippen LogP contribution in [-0.4, -0.2) is 47.9 Å². The summed E-state index contributed by atoms with van der Waals surface area (Å²) in [5, 5.41) is 8.29. The molecular formula is C30H39N3O5. The molecule has 1 fully saturated rings. The molecule has 0 bridgehead atoms. The Labute approximate surface area is 224 Å². The first-order valence-corrected chi connectivity index (χ1v) is 13.4. The number of carbonyl (C=O) groups excluding carboxylic acids is 4. The number of esters is 1. The van der Waals surface area contributed by atoms with Crippen LogP contribution in [0.15, 0.2) is 60.7 Å². The zero-order valence-corrected chi connectivity index (χ0v) is 22.4. The van der Waals surface area contributed by atoms with E-state index in [0.717, 1.165) is 30.4 Å². The van der Waals surface area contributed by atoms with E-state index in [1.54, 1.807) is 6.92 Å². The zero-order valence-electron chi connectivity index (χ0n) is 22.4. The summed E-state index contributed by atoms with van der Waals surface area (Å²) < 4.78 is 5.92. The summed E-state index contributed by atoms with van der Waals surface area (Å²) in [6.07, 6.45) is 2.41. The van der Waals surface area contributed by atoms with Gasteiger partial charge in [0.2, 0.25) is 17.7 Å². The fraction of sp³-hybridized carbons (Fsp3) is 0.467. The van der Waals surface area contributed by atoms with Crippen LogP contribution < -0.4 is 16.0 Å². The lowest BCUT2D eigenvalue weighted by molar-refractivity contribution is -0.157. The van der Waals surface area contributed by atoms with E-state index in [9.17, 15) is 19.2 Å². The van der Waals surface area contributed by atoms with Gasteiger partial charge in [0, 0.05) is 12.8 Å². The van der Waals surface area contributed by atoms with Crippen LogP contribution in [0.5, 0.6) is 0 Å². The van der Waals surface area contributed by atoms with Crippen LogP contribution in [0.3, 0.4) is 0 Å². The van der Waals surface area contributed by atoms with Crippen molar-refractivity contribution in [3.05, 3.63) is 71.8 Å². The van der Waals surface area contributed by atoms with Gasteiger partial charge in [-0.3, -0.25) is 14.4 Å². The number of amides is 3. The molecule has 0 unspecified atom stereocenters. The van der Waals surface area contributed by atoms with Crippen molar-refractivity contribution in [1.29, 1.82) is 0 Å². The molecule has 8 nitrogen and oxygen atoms in total. The first-order valence-electron chi connectivity index (χ1n) is 13.4. The van der Waals surface area contributed by atoms with Crippen molar-refractivity contribution in [2.45, 2.75) is 83.5 Å². The Morgan fingerprint density at radius 2 is 1.39 bits per heavy atom. The minimum absolute atomic E-state index is 0.0727. The maximum atomic E-state index is 13.4. The van der Waals surface area contributed by atoms with Crippen LogP contribution in [0.4, 0.5) is 0 Å². The van der Waals surface area contributed by atoms with E-state index in [4.69, 9.17) is 4.74 Å². The standard InChI is InChI=1S/C30H39N3O5/c1-4-5-12-20(2)26-19-27(34)32-24(17-22-13-8-6-9-14-22)29(36)31-21(3)28(35)33-25(30(37)38-26)18-23-15-10-7-11-16-23/h6-11,13-16,20-21,24-26H,4-5,12,17-19H2,1-3H3,(H,31,36)(H,32,34)(H,33,35)/t20-,21-,24-,25+,26-/m0/s1. The van der Waals surface area contributed by atoms with Crippen molar-refractivity contribution in [3.8, 4) is 0 Å². The molecular weight excluding hydrogens is 482 g/mol. The SMILES string of the molecule is CCCC[C@H](C)[C@@H]1CC(=O)N[C@@H](Cc2ccccc2)C(=O)N[C@@H](C)C(=O)N[C@H](Cc2ccccc2)C(=O)O1. The number of hydrogen-bond acceptors (Lipinski definition) is 5. The molecule has 3 amide bonds. The first-order chi connectivity index (χ1) is 18.3. The van der Waals surface area contributed by atoms with Gasteiger partial charge in [-0.2, -0.15) is 0 Å². The lowest BCUT2D eigenvalue weighted by atomic mass is 9.95. The van der Waals surface area contributed by atoms with Crippen LogP contribution in [0.2, 0.25) is 0 Å². The fourth-order valence-corrected chi connectivity index (χ4v) is 4.52. The number of ether oxygens (including phenoxy) is 1. The van der Waals surface area contributed by atoms with Crippen LogP contribution >= 0.6 is 0 Å². The highest BCUT2D eigenvalue weighted by Crippen LogP contribution is 2.20. The van der Waals surface area contributed by atoms with Crippen molar-refractivity contribution in [2.24, 2.45) is 5.92 Å². The Bertz CT molecular complexity index is 1080. The largest absolute Gasteiger partial charge is 0.460 e. The minimum atomic E-state index is -0.964. The third kappa shape index (κ3) is 8.71. The van der Waals surface area contributed by atoms with E-state index in [0.29, 0.717) is 0 Å². The number of benzene rings is 2. The average Bonchev–Trinajstić information content (AvgIpc) is 2.91. The summed E-state index contributed by atoms with van der Waals surface area (Å²) in [6, 6.07) is 15.9. The van der Waals surface area contributed by atoms with Crippen LogP contribution in [0.25, 0.3) is 0 Å². The lowest BCUT2D eigenvalue weighted by Crippen LogP contribution is -2.55. The summed E-state index contributed by atoms with van der Waals surface area (Å²) in [7, 11) is 0. The van der Waals surface area contributed by atoms with Gasteiger partial charge < -0.3 is 20.7 Å². The molecule has 1 aliphatic rings. The third-order valence-corrected chi connectivity index (χ3v) is 6.87. The minimum Gasteiger partial charge on any atom is -0.460 e. The summed E-state index contributed by atoms with van der Waals surface area (Å²) >= 11 is 0. The molecule has 0 aliphatic carbocycles. The molecule has 5 atom stereocenters. The molecule has 3 N–H and O–H groups in total. The molecule has 1 saturated heterocycles. The number of nitrogens with one attached hydrogen (secondary N) is 3. The fourth-order valence-electron chi connectivity index (χ4n) is 4.52. The second kappa shape index (κ2) is 14.3. The summed E-state index contributed by atoms with van der Waals surface area (Å²) in [5.74, 6) is -2.03. The number of rotatable bonds is 8. The average molecular weight is 522 g/mol. The normalized spacial score (nSPS) is 24.0. The number of unbranched alkanes of at least 4 members (excludes halogenated alkanes) is 1. The van der Waals surface area contributed by atoms with Gasteiger partial charge >= 0.3 is 5.97 Å². The Morgan fingerprint density at radius 3 is 1.97 bits per heavy atom. The van der Waals surface area contributed by atoms with E-state index >= 15 is 0 Å². The second-order valence-corrected chi connectivity index (χ2v) is 10.1. The molecule has 0 spiro atoms. The van der Waals surface area contributed by atoms with Gasteiger partial charge in [-0.1, -0.05) is 87.4 Å². The molecule has 2 aromatic carbocycles. The maximum absolute atomic E-state index is 13.4. The predicted octanol–water partition coefficient (Wildman–Crippen LogP) is 3.09. The van der Waals surface area contributed by atoms with Crippen LogP contribution in [0, 0.1) is 5.92 Å². The quantitative estimate of drug-likeness (QED) is 0.462. The van der Waals surface area contributed by atoms with Gasteiger partial charge in [0.05, 0.1) is 6.42 Å². The van der Waals surface area contributed by atoms with Gasteiger partial charge in [-0.05, 0) is 30.4 Å². The highest BCUT2D eigenvalue weighted by atomic mass is 16.5. The van der Waals surface area contributed by atoms with Crippen LogP contribution in [-0.2, 0) is 36.8 Å². The van der Waals surface area contributed by atoms with Crippen molar-refractivity contribution in [3.63, 3.8) is 0 Å². The number of hydrogen-bond donors (Lipinski definition) is 3. The Kier molecular flexibility index (Phi) is 10.9. The predicted molar refractivity (Wildman–Crippen MR) is 145 cm³/mol. The highest BCUT2D eigenvalue weighted by Gasteiger charge is 2.33. The molecule has 1 aliphatic heterocycles. The van der Waals surface area contributed by atoms with Gasteiger partial charge in [0.15, 0.2) is 0 Å². The lowest BCUT2D eigenvalue weighted by Gasteiger charge is -2.27. The molecule has 0 radical (unpaired) electrons. The van der Waals surface area contributed by atoms with Crippen molar-refractivity contribution in [2.75, 3.05) is 0 Å². The van der Waals surface area contributed by atoms with Gasteiger partial charge in [-0.15, -0.1) is 0 Å². The highest BCUT2D eigenvalue weighted by molar-refractivity contribution is 5.94. The molecule has 38 heavy (non-hydrogen) atoms. The Morgan fingerprint density at radius 1 is 0.816 bits per heavy atom.